The number of nitrogens with one attached hydrogen (secondary N) is 1. The Morgan fingerprint density at radius 1 is 1.37 bits per heavy atom. The van der Waals surface area contributed by atoms with Crippen LogP contribution >= 0.6 is 12.4 Å². The summed E-state index contributed by atoms with van der Waals surface area (Å²) < 4.78 is 13.1. The number of hydrogen-bond donors (Lipinski definition) is 1. The molecule has 0 amide bonds. The highest BCUT2D eigenvalue weighted by atomic mass is 35.5. The maximum absolute atomic E-state index is 11.5. The number of rotatable bonds is 6. The number of hydrogen-bond acceptors (Lipinski definition) is 7. The summed E-state index contributed by atoms with van der Waals surface area (Å²) in [7, 11) is 3.47. The van der Waals surface area contributed by atoms with Crippen molar-refractivity contribution >= 4 is 18.1 Å². The highest BCUT2D eigenvalue weighted by Gasteiger charge is 2.28. The molecular weight excluding hydrogens is 410 g/mol. The quantitative estimate of drug-likeness (QED) is 0.470. The molecule has 9 nitrogen and oxygen atoms in total. The fourth-order valence-corrected chi connectivity index (χ4v) is 3.69. The summed E-state index contributed by atoms with van der Waals surface area (Å²) in [6.07, 6.45) is 3.74. The molecule has 30 heavy (non-hydrogen) atoms. The summed E-state index contributed by atoms with van der Waals surface area (Å²) in [5.41, 5.74) is 0.390. The number of imidazole rings is 1. The summed E-state index contributed by atoms with van der Waals surface area (Å²) in [4.78, 5) is 17.9. The minimum Gasteiger partial charge on any atom is -0.497 e. The van der Waals surface area contributed by atoms with Crippen molar-refractivity contribution in [2.24, 2.45) is 7.05 Å². The van der Waals surface area contributed by atoms with E-state index in [1.54, 1.807) is 24.4 Å². The predicted molar refractivity (Wildman–Crippen MR) is 114 cm³/mol. The van der Waals surface area contributed by atoms with E-state index in [-0.39, 0.29) is 24.1 Å². The van der Waals surface area contributed by atoms with Crippen LogP contribution in [0.5, 0.6) is 5.75 Å². The van der Waals surface area contributed by atoms with Crippen LogP contribution in [-0.4, -0.2) is 46.1 Å². The molecule has 160 valence electrons. The van der Waals surface area contributed by atoms with Gasteiger partial charge in [-0.05, 0) is 24.3 Å². The maximum atomic E-state index is 11.5. The Labute approximate surface area is 180 Å². The standard InChI is InChI=1S/C20H23N5O4.ClH/c1-23-9-8-22-20(23)18-12-21-7-10-24(18)13-15-4-6-19(29-15)16-5-3-14(28-2)11-17(16)25(26)27;/h3-6,8-9,11,18,21H,7,10,12-13H2,1-2H3;1H. The second kappa shape index (κ2) is 9.29. The Bertz CT molecular complexity index is 1020. The van der Waals surface area contributed by atoms with Gasteiger partial charge in [0.15, 0.2) is 0 Å². The summed E-state index contributed by atoms with van der Waals surface area (Å²) in [6.45, 7) is 3.15. The first-order chi connectivity index (χ1) is 14.1. The summed E-state index contributed by atoms with van der Waals surface area (Å²) in [6, 6.07) is 8.54. The van der Waals surface area contributed by atoms with Crippen LogP contribution in [0.25, 0.3) is 11.3 Å². The largest absolute Gasteiger partial charge is 0.497 e. The third-order valence-corrected chi connectivity index (χ3v) is 5.20. The molecule has 0 bridgehead atoms. The lowest BCUT2D eigenvalue weighted by molar-refractivity contribution is -0.384. The van der Waals surface area contributed by atoms with Gasteiger partial charge in [0.05, 0.1) is 36.2 Å². The zero-order chi connectivity index (χ0) is 20.4. The second-order valence-corrected chi connectivity index (χ2v) is 6.99. The van der Waals surface area contributed by atoms with Crippen molar-refractivity contribution in [2.75, 3.05) is 26.7 Å². The van der Waals surface area contributed by atoms with Crippen molar-refractivity contribution in [1.82, 2.24) is 19.8 Å². The molecule has 1 aromatic carbocycles. The Morgan fingerprint density at radius 2 is 2.20 bits per heavy atom. The zero-order valence-corrected chi connectivity index (χ0v) is 17.6. The number of ether oxygens (including phenoxy) is 1. The van der Waals surface area contributed by atoms with Crippen molar-refractivity contribution in [3.05, 3.63) is 64.4 Å². The van der Waals surface area contributed by atoms with E-state index in [2.05, 4.69) is 15.2 Å². The molecule has 1 atom stereocenters. The molecule has 3 heterocycles. The van der Waals surface area contributed by atoms with Crippen molar-refractivity contribution in [3.8, 4) is 17.1 Å². The van der Waals surface area contributed by atoms with Gasteiger partial charge in [-0.15, -0.1) is 12.4 Å². The zero-order valence-electron chi connectivity index (χ0n) is 16.8. The van der Waals surface area contributed by atoms with Crippen LogP contribution in [0.15, 0.2) is 47.1 Å². The average molecular weight is 434 g/mol. The van der Waals surface area contributed by atoms with Gasteiger partial charge in [0.25, 0.3) is 5.69 Å². The van der Waals surface area contributed by atoms with Gasteiger partial charge in [-0.1, -0.05) is 0 Å². The van der Waals surface area contributed by atoms with Crippen LogP contribution in [0.4, 0.5) is 5.69 Å². The van der Waals surface area contributed by atoms with Gasteiger partial charge in [0, 0.05) is 39.1 Å². The smallest absolute Gasteiger partial charge is 0.284 e. The SMILES string of the molecule is COc1ccc(-c2ccc(CN3CCNCC3c3nccn3C)o2)c([N+](=O)[O-])c1.Cl. The molecule has 0 aliphatic carbocycles. The van der Waals surface area contributed by atoms with Gasteiger partial charge in [0.1, 0.15) is 23.1 Å². The first-order valence-corrected chi connectivity index (χ1v) is 9.40. The molecule has 3 aromatic rings. The minimum atomic E-state index is -0.423. The lowest BCUT2D eigenvalue weighted by atomic mass is 10.1. The maximum Gasteiger partial charge on any atom is 0.284 e. The normalized spacial score (nSPS) is 16.8. The molecule has 1 saturated heterocycles. The van der Waals surface area contributed by atoms with Crippen molar-refractivity contribution in [2.45, 2.75) is 12.6 Å². The van der Waals surface area contributed by atoms with Crippen LogP contribution < -0.4 is 10.1 Å². The van der Waals surface area contributed by atoms with E-state index < -0.39 is 4.92 Å². The van der Waals surface area contributed by atoms with Gasteiger partial charge in [-0.2, -0.15) is 0 Å². The number of aryl methyl sites for hydroxylation is 1. The molecular formula is C20H24ClN5O4. The number of benzene rings is 1. The van der Waals surface area contributed by atoms with E-state index in [1.165, 1.54) is 13.2 Å². The van der Waals surface area contributed by atoms with Gasteiger partial charge >= 0.3 is 0 Å². The fourth-order valence-electron chi connectivity index (χ4n) is 3.69. The predicted octanol–water partition coefficient (Wildman–Crippen LogP) is 3.17. The van der Waals surface area contributed by atoms with Crippen LogP contribution in [0.3, 0.4) is 0 Å². The number of methoxy groups -OCH3 is 1. The van der Waals surface area contributed by atoms with E-state index in [0.29, 0.717) is 23.6 Å². The number of halogens is 1. The van der Waals surface area contributed by atoms with Gasteiger partial charge < -0.3 is 19.0 Å². The summed E-state index contributed by atoms with van der Waals surface area (Å²) >= 11 is 0. The number of nitro benzene ring substituents is 1. The monoisotopic (exact) mass is 433 g/mol. The van der Waals surface area contributed by atoms with Crippen LogP contribution in [0.2, 0.25) is 0 Å². The van der Waals surface area contributed by atoms with Gasteiger partial charge in [-0.25, -0.2) is 4.98 Å². The van der Waals surface area contributed by atoms with Crippen LogP contribution in [0, 0.1) is 10.1 Å². The molecule has 1 aliphatic heterocycles. The molecule has 1 fully saturated rings. The molecule has 1 aliphatic rings. The minimum absolute atomic E-state index is 0. The average Bonchev–Trinajstić information content (AvgIpc) is 3.37. The lowest BCUT2D eigenvalue weighted by Gasteiger charge is -2.35. The number of nitrogens with zero attached hydrogens (tertiary/aromatic N) is 4. The molecule has 0 radical (unpaired) electrons. The van der Waals surface area contributed by atoms with E-state index >= 15 is 0 Å². The topological polar surface area (TPSA) is 98.6 Å². The lowest BCUT2D eigenvalue weighted by Crippen LogP contribution is -2.46. The molecule has 2 aromatic heterocycles. The van der Waals surface area contributed by atoms with Crippen molar-refractivity contribution in [3.63, 3.8) is 0 Å². The van der Waals surface area contributed by atoms with E-state index in [4.69, 9.17) is 9.15 Å². The fraction of sp³-hybridized carbons (Fsp3) is 0.350. The molecule has 0 spiro atoms. The Morgan fingerprint density at radius 3 is 2.90 bits per heavy atom. The van der Waals surface area contributed by atoms with Crippen molar-refractivity contribution in [1.29, 1.82) is 0 Å². The highest BCUT2D eigenvalue weighted by Crippen LogP contribution is 2.34. The van der Waals surface area contributed by atoms with E-state index in [1.807, 2.05) is 23.9 Å². The Balaban J connectivity index is 0.00000256. The molecule has 1 unspecified atom stereocenters. The number of piperazine rings is 1. The molecule has 1 N–H and O–H groups in total. The molecule has 4 rings (SSSR count). The van der Waals surface area contributed by atoms with Crippen LogP contribution in [0.1, 0.15) is 17.6 Å². The van der Waals surface area contributed by atoms with Crippen LogP contribution in [-0.2, 0) is 13.6 Å². The van der Waals surface area contributed by atoms with Gasteiger partial charge in [-0.3, -0.25) is 15.0 Å². The Kier molecular flexibility index (Phi) is 6.76. The molecule has 0 saturated carbocycles. The summed E-state index contributed by atoms with van der Waals surface area (Å²) in [5, 5.41) is 14.9. The third kappa shape index (κ3) is 4.33. The number of furan rings is 1. The number of aromatic nitrogens is 2. The van der Waals surface area contributed by atoms with Gasteiger partial charge in [0.2, 0.25) is 0 Å². The van der Waals surface area contributed by atoms with E-state index in [9.17, 15) is 10.1 Å². The first kappa shape index (κ1) is 21.8. The van der Waals surface area contributed by atoms with Crippen molar-refractivity contribution < 1.29 is 14.1 Å². The first-order valence-electron chi connectivity index (χ1n) is 9.40. The Hall–Kier alpha value is -2.88. The molecule has 10 heteroatoms. The van der Waals surface area contributed by atoms with E-state index in [0.717, 1.165) is 31.2 Å². The summed E-state index contributed by atoms with van der Waals surface area (Å²) in [5.74, 6) is 2.66. The third-order valence-electron chi connectivity index (χ3n) is 5.20. The second-order valence-electron chi connectivity index (χ2n) is 6.99. The highest BCUT2D eigenvalue weighted by molar-refractivity contribution is 5.85. The number of nitro groups is 1.